The van der Waals surface area contributed by atoms with Gasteiger partial charge in [-0.15, -0.1) is 0 Å². The average Bonchev–Trinajstić information content (AvgIpc) is 2.77. The van der Waals surface area contributed by atoms with Crippen LogP contribution >= 0.6 is 0 Å². The predicted octanol–water partition coefficient (Wildman–Crippen LogP) is 3.92. The zero-order chi connectivity index (χ0) is 29.7. The fourth-order valence-electron chi connectivity index (χ4n) is 2.91. The maximum absolute atomic E-state index is 13.1. The monoisotopic (exact) mass is 578 g/mol. The summed E-state index contributed by atoms with van der Waals surface area (Å²) in [6.07, 6.45) is -15.9. The van der Waals surface area contributed by atoms with Crippen LogP contribution in [0, 0.1) is 11.8 Å². The third kappa shape index (κ3) is 9.04. The highest BCUT2D eigenvalue weighted by Gasteiger charge is 2.59. The summed E-state index contributed by atoms with van der Waals surface area (Å²) in [5, 5.41) is 0. The molecule has 0 saturated heterocycles. The van der Waals surface area contributed by atoms with E-state index in [4.69, 9.17) is 4.74 Å². The van der Waals surface area contributed by atoms with Gasteiger partial charge in [-0.1, -0.05) is 6.58 Å². The van der Waals surface area contributed by atoms with E-state index in [0.717, 1.165) is 0 Å². The number of halogens is 10. The highest BCUT2D eigenvalue weighted by atomic mass is 19.4. The number of hydrogen-bond donors (Lipinski definition) is 0. The maximum Gasteiger partial charge on any atom is 0.456 e. The summed E-state index contributed by atoms with van der Waals surface area (Å²) < 4.78 is 143. The fourth-order valence-corrected chi connectivity index (χ4v) is 2.91. The molecule has 0 radical (unpaired) electrons. The van der Waals surface area contributed by atoms with Crippen LogP contribution in [0.4, 0.5) is 43.9 Å². The lowest BCUT2D eigenvalue weighted by Gasteiger charge is -2.33. The van der Waals surface area contributed by atoms with Gasteiger partial charge in [0.25, 0.3) is 0 Å². The van der Waals surface area contributed by atoms with Crippen LogP contribution in [0.25, 0.3) is 0 Å². The van der Waals surface area contributed by atoms with Gasteiger partial charge in [-0.2, -0.15) is 43.9 Å². The van der Waals surface area contributed by atoms with Gasteiger partial charge in [0.05, 0.1) is 11.8 Å². The van der Waals surface area contributed by atoms with Crippen LogP contribution in [0.1, 0.15) is 26.2 Å². The van der Waals surface area contributed by atoms with E-state index in [-0.39, 0.29) is 5.57 Å². The summed E-state index contributed by atoms with van der Waals surface area (Å²) in [7, 11) is 0. The number of hydrogen-bond acceptors (Lipinski definition) is 8. The van der Waals surface area contributed by atoms with Crippen LogP contribution in [-0.4, -0.2) is 74.0 Å². The third-order valence-electron chi connectivity index (χ3n) is 5.00. The van der Waals surface area contributed by atoms with Gasteiger partial charge in [0.15, 0.2) is 19.8 Å². The molecule has 0 aliphatic heterocycles. The summed E-state index contributed by atoms with van der Waals surface area (Å²) in [6, 6.07) is 0. The summed E-state index contributed by atoms with van der Waals surface area (Å²) in [5.74, 6) is -20.0. The molecule has 0 bridgehead atoms. The van der Waals surface area contributed by atoms with E-state index in [9.17, 15) is 63.1 Å². The van der Waals surface area contributed by atoms with Crippen LogP contribution in [0.5, 0.6) is 0 Å². The Kier molecular flexibility index (Phi) is 10.6. The van der Waals surface area contributed by atoms with E-state index in [1.165, 1.54) is 6.92 Å². The lowest BCUT2D eigenvalue weighted by molar-refractivity contribution is -0.295. The van der Waals surface area contributed by atoms with Crippen LogP contribution in [0.15, 0.2) is 12.2 Å². The van der Waals surface area contributed by atoms with E-state index in [2.05, 4.69) is 20.8 Å². The maximum atomic E-state index is 13.1. The molecular weight excluding hydrogens is 558 g/mol. The molecule has 0 spiro atoms. The first-order valence-electron chi connectivity index (χ1n) is 10.3. The van der Waals surface area contributed by atoms with Gasteiger partial charge < -0.3 is 18.9 Å². The first-order chi connectivity index (χ1) is 17.1. The van der Waals surface area contributed by atoms with Crippen molar-refractivity contribution in [3.63, 3.8) is 0 Å². The van der Waals surface area contributed by atoms with Crippen molar-refractivity contribution in [2.45, 2.75) is 56.5 Å². The van der Waals surface area contributed by atoms with Gasteiger partial charge in [-0.25, -0.2) is 9.59 Å². The lowest BCUT2D eigenvalue weighted by atomic mass is 9.79. The number of carbonyl (C=O) groups excluding carboxylic acids is 4. The van der Waals surface area contributed by atoms with Crippen molar-refractivity contribution in [1.82, 2.24) is 0 Å². The predicted molar refractivity (Wildman–Crippen MR) is 100 cm³/mol. The second kappa shape index (κ2) is 12.2. The van der Waals surface area contributed by atoms with Crippen LogP contribution in [-0.2, 0) is 38.1 Å². The van der Waals surface area contributed by atoms with Gasteiger partial charge in [-0.05, 0) is 26.2 Å². The SMILES string of the molecule is C=C(C)C(=O)OCC(=O)OC1CC(C(=O)OCC(F)(F)C(F)(F)F)CCC1C(=O)OCC(F)(F)C(F)(F)F. The standard InChI is InChI=1S/C20H20F10O8/c1-9(2)14(32)35-6-13(31)38-12-5-10(15(33)36-7-17(21,22)19(25,26)27)3-4-11(12)16(34)37-8-18(23,24)20(28,29)30/h10-12H,1,3-8H2,2H3. The molecule has 0 aromatic heterocycles. The van der Waals surface area contributed by atoms with E-state index >= 15 is 0 Å². The van der Waals surface area contributed by atoms with Crippen molar-refractivity contribution in [2.24, 2.45) is 11.8 Å². The van der Waals surface area contributed by atoms with Gasteiger partial charge in [-0.3, -0.25) is 9.59 Å². The van der Waals surface area contributed by atoms with Gasteiger partial charge in [0.2, 0.25) is 0 Å². The van der Waals surface area contributed by atoms with E-state index in [1.54, 1.807) is 0 Å². The quantitative estimate of drug-likeness (QED) is 0.166. The molecule has 3 atom stereocenters. The van der Waals surface area contributed by atoms with Crippen LogP contribution < -0.4 is 0 Å². The van der Waals surface area contributed by atoms with Crippen molar-refractivity contribution in [3.05, 3.63) is 12.2 Å². The molecule has 1 rings (SSSR count). The summed E-state index contributed by atoms with van der Waals surface area (Å²) in [4.78, 5) is 47.6. The molecule has 0 amide bonds. The highest BCUT2D eigenvalue weighted by molar-refractivity contribution is 5.88. The minimum atomic E-state index is -6.08. The average molecular weight is 578 g/mol. The Labute approximate surface area is 207 Å². The molecule has 8 nitrogen and oxygen atoms in total. The molecule has 0 heterocycles. The second-order valence-electron chi connectivity index (χ2n) is 8.12. The number of rotatable bonds is 10. The number of carbonyl (C=O) groups is 4. The van der Waals surface area contributed by atoms with Crippen molar-refractivity contribution in [2.75, 3.05) is 19.8 Å². The van der Waals surface area contributed by atoms with Crippen LogP contribution in [0.3, 0.4) is 0 Å². The van der Waals surface area contributed by atoms with Crippen LogP contribution in [0.2, 0.25) is 0 Å². The van der Waals surface area contributed by atoms with Crippen molar-refractivity contribution in [3.8, 4) is 0 Å². The molecule has 38 heavy (non-hydrogen) atoms. The molecule has 0 N–H and O–H groups in total. The Morgan fingerprint density at radius 3 is 1.68 bits per heavy atom. The molecule has 0 aromatic rings. The Bertz CT molecular complexity index is 912. The molecule has 18 heteroatoms. The molecule has 1 aliphatic rings. The normalized spacial score (nSPS) is 20.8. The van der Waals surface area contributed by atoms with Gasteiger partial charge in [0, 0.05) is 5.57 Å². The first kappa shape index (κ1) is 32.9. The van der Waals surface area contributed by atoms with Crippen molar-refractivity contribution in [1.29, 1.82) is 0 Å². The molecular formula is C20H20F10O8. The largest absolute Gasteiger partial charge is 0.459 e. The lowest BCUT2D eigenvalue weighted by Crippen LogP contribution is -2.46. The molecule has 1 aliphatic carbocycles. The highest BCUT2D eigenvalue weighted by Crippen LogP contribution is 2.38. The molecule has 218 valence electrons. The number of ether oxygens (including phenoxy) is 4. The second-order valence-corrected chi connectivity index (χ2v) is 8.12. The summed E-state index contributed by atoms with van der Waals surface area (Å²) in [5.41, 5.74) is -0.152. The Morgan fingerprint density at radius 2 is 1.24 bits per heavy atom. The zero-order valence-electron chi connectivity index (χ0n) is 19.2. The molecule has 3 unspecified atom stereocenters. The molecule has 0 aromatic carbocycles. The first-order valence-corrected chi connectivity index (χ1v) is 10.3. The smallest absolute Gasteiger partial charge is 0.456 e. The van der Waals surface area contributed by atoms with Gasteiger partial charge >= 0.3 is 48.1 Å². The third-order valence-corrected chi connectivity index (χ3v) is 5.00. The fraction of sp³-hybridized carbons (Fsp3) is 0.700. The van der Waals surface area contributed by atoms with E-state index in [1.807, 2.05) is 0 Å². The van der Waals surface area contributed by atoms with Crippen molar-refractivity contribution >= 4 is 23.9 Å². The zero-order valence-corrected chi connectivity index (χ0v) is 19.2. The van der Waals surface area contributed by atoms with Crippen molar-refractivity contribution < 1.29 is 82.0 Å². The Morgan fingerprint density at radius 1 is 0.763 bits per heavy atom. The summed E-state index contributed by atoms with van der Waals surface area (Å²) >= 11 is 0. The minimum Gasteiger partial charge on any atom is -0.459 e. The van der Waals surface area contributed by atoms with E-state index in [0.29, 0.717) is 0 Å². The van der Waals surface area contributed by atoms with E-state index < -0.39 is 105 Å². The molecule has 1 fully saturated rings. The summed E-state index contributed by atoms with van der Waals surface area (Å²) in [6.45, 7) is -1.53. The minimum absolute atomic E-state index is 0.152. The number of esters is 4. The topological polar surface area (TPSA) is 105 Å². The van der Waals surface area contributed by atoms with Gasteiger partial charge in [0.1, 0.15) is 6.10 Å². The Hall–Kier alpha value is -3.08. The molecule has 1 saturated carbocycles. The number of alkyl halides is 10. The Balaban J connectivity index is 2.98.